The number of carbonyl (C=O) groups excluding carboxylic acids is 1. The van der Waals surface area contributed by atoms with Crippen LogP contribution in [0.4, 0.5) is 13.2 Å². The molecule has 4 heterocycles. The summed E-state index contributed by atoms with van der Waals surface area (Å²) in [4.78, 5) is 19.6. The predicted molar refractivity (Wildman–Crippen MR) is 97.1 cm³/mol. The molecular formula is C17H19ClF3N3OS. The van der Waals surface area contributed by atoms with Crippen molar-refractivity contribution in [3.8, 4) is 0 Å². The average Bonchev–Trinajstić information content (AvgIpc) is 3.01. The molecule has 2 aliphatic rings. The van der Waals surface area contributed by atoms with Gasteiger partial charge in [0.05, 0.1) is 4.88 Å². The molecule has 9 heteroatoms. The normalized spacial score (nSPS) is 23.0. The zero-order valence-corrected chi connectivity index (χ0v) is 15.7. The van der Waals surface area contributed by atoms with Gasteiger partial charge in [-0.25, -0.2) is 4.98 Å². The summed E-state index contributed by atoms with van der Waals surface area (Å²) in [5.41, 5.74) is -0.192. The van der Waals surface area contributed by atoms with Gasteiger partial charge in [-0.3, -0.25) is 4.79 Å². The lowest BCUT2D eigenvalue weighted by atomic mass is 10.1. The molecule has 0 aromatic carbocycles. The number of rotatable bonds is 1. The SMILES string of the molecule is Cc1c(C(=O)N2C3CCNCC2CC3)sc2nc(C(F)(F)F)ccc12.Cl. The van der Waals surface area contributed by atoms with E-state index >= 15 is 0 Å². The molecule has 4 rings (SSSR count). The summed E-state index contributed by atoms with van der Waals surface area (Å²) < 4.78 is 38.7. The Hall–Kier alpha value is -1.38. The molecule has 2 aromatic heterocycles. The van der Waals surface area contributed by atoms with Gasteiger partial charge >= 0.3 is 6.18 Å². The minimum Gasteiger partial charge on any atom is -0.331 e. The first-order valence-electron chi connectivity index (χ1n) is 8.37. The molecule has 2 fully saturated rings. The topological polar surface area (TPSA) is 45.2 Å². The molecule has 2 aliphatic heterocycles. The van der Waals surface area contributed by atoms with Gasteiger partial charge in [0.2, 0.25) is 0 Å². The van der Waals surface area contributed by atoms with E-state index in [0.717, 1.165) is 55.3 Å². The van der Waals surface area contributed by atoms with Gasteiger partial charge in [-0.1, -0.05) is 0 Å². The molecular weight excluding hydrogens is 387 g/mol. The summed E-state index contributed by atoms with van der Waals surface area (Å²) in [6.45, 7) is 3.47. The molecule has 0 radical (unpaired) electrons. The monoisotopic (exact) mass is 405 g/mol. The standard InChI is InChI=1S/C17H18F3N3OS.ClH/c1-9-12-4-5-13(17(18,19)20)22-15(12)25-14(9)16(24)23-10-2-3-11(23)8-21-7-6-10;/h4-5,10-11,21H,2-3,6-8H2,1H3;1H. The summed E-state index contributed by atoms with van der Waals surface area (Å²) in [6.07, 6.45) is -1.59. The van der Waals surface area contributed by atoms with Gasteiger partial charge in [-0.05, 0) is 50.4 Å². The summed E-state index contributed by atoms with van der Waals surface area (Å²) in [7, 11) is 0. The fraction of sp³-hybridized carbons (Fsp3) is 0.529. The third kappa shape index (κ3) is 3.18. The highest BCUT2D eigenvalue weighted by Crippen LogP contribution is 2.37. The second-order valence-electron chi connectivity index (χ2n) is 6.69. The van der Waals surface area contributed by atoms with Crippen molar-refractivity contribution in [2.24, 2.45) is 0 Å². The molecule has 2 atom stereocenters. The highest BCUT2D eigenvalue weighted by atomic mass is 35.5. The van der Waals surface area contributed by atoms with E-state index in [-0.39, 0.29) is 35.2 Å². The molecule has 0 aliphatic carbocycles. The van der Waals surface area contributed by atoms with Crippen LogP contribution in [0.1, 0.15) is 40.2 Å². The Balaban J connectivity index is 0.00000196. The Labute approximate surface area is 159 Å². The van der Waals surface area contributed by atoms with Gasteiger partial charge in [0.25, 0.3) is 5.91 Å². The molecule has 0 saturated carbocycles. The van der Waals surface area contributed by atoms with Crippen LogP contribution < -0.4 is 5.32 Å². The van der Waals surface area contributed by atoms with E-state index in [1.165, 1.54) is 6.07 Å². The average molecular weight is 406 g/mol. The Morgan fingerprint density at radius 2 is 2.00 bits per heavy atom. The number of aryl methyl sites for hydroxylation is 1. The van der Waals surface area contributed by atoms with E-state index < -0.39 is 11.9 Å². The van der Waals surface area contributed by atoms with Crippen LogP contribution in [0, 0.1) is 6.92 Å². The predicted octanol–water partition coefficient (Wildman–Crippen LogP) is 4.01. The highest BCUT2D eigenvalue weighted by molar-refractivity contribution is 7.20. The van der Waals surface area contributed by atoms with Crippen LogP contribution in [0.5, 0.6) is 0 Å². The maximum absolute atomic E-state index is 13.1. The fourth-order valence-corrected chi connectivity index (χ4v) is 5.02. The number of amides is 1. The van der Waals surface area contributed by atoms with Crippen LogP contribution in [-0.2, 0) is 6.18 Å². The zero-order valence-electron chi connectivity index (χ0n) is 14.1. The fourth-order valence-electron chi connectivity index (χ4n) is 3.89. The number of nitrogens with one attached hydrogen (secondary N) is 1. The molecule has 142 valence electrons. The molecule has 2 saturated heterocycles. The lowest BCUT2D eigenvalue weighted by Gasteiger charge is -2.27. The quantitative estimate of drug-likeness (QED) is 0.779. The molecule has 4 nitrogen and oxygen atoms in total. The van der Waals surface area contributed by atoms with E-state index in [1.807, 2.05) is 4.90 Å². The first-order valence-corrected chi connectivity index (χ1v) is 9.18. The lowest BCUT2D eigenvalue weighted by molar-refractivity contribution is -0.140. The summed E-state index contributed by atoms with van der Waals surface area (Å²) in [5, 5.41) is 3.98. The minimum absolute atomic E-state index is 0. The van der Waals surface area contributed by atoms with Crippen LogP contribution in [0.3, 0.4) is 0 Å². The van der Waals surface area contributed by atoms with Crippen LogP contribution in [0.2, 0.25) is 0 Å². The maximum atomic E-state index is 13.1. The second-order valence-corrected chi connectivity index (χ2v) is 7.69. The number of nitrogens with zero attached hydrogens (tertiary/aromatic N) is 2. The maximum Gasteiger partial charge on any atom is 0.433 e. The van der Waals surface area contributed by atoms with Crippen LogP contribution >= 0.6 is 23.7 Å². The van der Waals surface area contributed by atoms with E-state index in [1.54, 1.807) is 6.92 Å². The van der Waals surface area contributed by atoms with Crippen molar-refractivity contribution in [2.45, 2.75) is 44.4 Å². The summed E-state index contributed by atoms with van der Waals surface area (Å²) >= 11 is 1.07. The van der Waals surface area contributed by atoms with Crippen molar-refractivity contribution in [2.75, 3.05) is 13.1 Å². The largest absolute Gasteiger partial charge is 0.433 e. The smallest absolute Gasteiger partial charge is 0.331 e. The van der Waals surface area contributed by atoms with E-state index in [0.29, 0.717) is 10.3 Å². The van der Waals surface area contributed by atoms with E-state index in [9.17, 15) is 18.0 Å². The molecule has 1 amide bonds. The number of hydrogen-bond donors (Lipinski definition) is 1. The first-order chi connectivity index (χ1) is 11.9. The number of fused-ring (bicyclic) bond motifs is 3. The summed E-state index contributed by atoms with van der Waals surface area (Å²) in [6, 6.07) is 2.79. The zero-order chi connectivity index (χ0) is 17.8. The third-order valence-corrected chi connectivity index (χ3v) is 6.37. The van der Waals surface area contributed by atoms with Gasteiger partial charge in [-0.15, -0.1) is 23.7 Å². The van der Waals surface area contributed by atoms with Crippen molar-refractivity contribution in [1.82, 2.24) is 15.2 Å². The summed E-state index contributed by atoms with van der Waals surface area (Å²) in [5.74, 6) is -0.0646. The van der Waals surface area contributed by atoms with Gasteiger partial charge in [0.15, 0.2) is 0 Å². The van der Waals surface area contributed by atoms with E-state index in [4.69, 9.17) is 0 Å². The first kappa shape index (κ1) is 19.4. The number of carbonyl (C=O) groups is 1. The Bertz CT molecular complexity index is 825. The van der Waals surface area contributed by atoms with Crippen LogP contribution in [0.25, 0.3) is 10.2 Å². The van der Waals surface area contributed by atoms with Crippen molar-refractivity contribution in [3.63, 3.8) is 0 Å². The van der Waals surface area contributed by atoms with Gasteiger partial charge in [0.1, 0.15) is 10.5 Å². The van der Waals surface area contributed by atoms with Crippen molar-refractivity contribution < 1.29 is 18.0 Å². The van der Waals surface area contributed by atoms with Gasteiger partial charge in [0, 0.05) is 24.0 Å². The van der Waals surface area contributed by atoms with E-state index in [2.05, 4.69) is 10.3 Å². The molecule has 2 unspecified atom stereocenters. The number of hydrogen-bond acceptors (Lipinski definition) is 4. The Morgan fingerprint density at radius 1 is 1.27 bits per heavy atom. The van der Waals surface area contributed by atoms with Gasteiger partial charge in [-0.2, -0.15) is 13.2 Å². The molecule has 2 aromatic rings. The minimum atomic E-state index is -4.48. The third-order valence-electron chi connectivity index (χ3n) is 5.18. The molecule has 0 spiro atoms. The second kappa shape index (κ2) is 6.98. The Morgan fingerprint density at radius 3 is 2.73 bits per heavy atom. The van der Waals surface area contributed by atoms with Crippen molar-refractivity contribution in [3.05, 3.63) is 28.3 Å². The van der Waals surface area contributed by atoms with Crippen LogP contribution in [-0.4, -0.2) is 41.0 Å². The Kier molecular flexibility index (Phi) is 5.20. The number of pyridine rings is 1. The number of thiophene rings is 1. The lowest BCUT2D eigenvalue weighted by Crippen LogP contribution is -2.42. The molecule has 1 N–H and O–H groups in total. The number of alkyl halides is 3. The van der Waals surface area contributed by atoms with Crippen molar-refractivity contribution in [1.29, 1.82) is 0 Å². The number of aromatic nitrogens is 1. The highest BCUT2D eigenvalue weighted by Gasteiger charge is 2.39. The molecule has 26 heavy (non-hydrogen) atoms. The van der Waals surface area contributed by atoms with Gasteiger partial charge < -0.3 is 10.2 Å². The van der Waals surface area contributed by atoms with Crippen LogP contribution in [0.15, 0.2) is 12.1 Å². The number of halogens is 4. The van der Waals surface area contributed by atoms with Crippen molar-refractivity contribution >= 4 is 39.9 Å². The molecule has 2 bridgehead atoms.